The summed E-state index contributed by atoms with van der Waals surface area (Å²) in [6.07, 6.45) is -0.715. The number of anilines is 2. The molecular formula is C21H19ClN2O4S. The molecule has 0 aliphatic carbocycles. The van der Waals surface area contributed by atoms with Gasteiger partial charge in [0.25, 0.3) is 15.9 Å². The van der Waals surface area contributed by atoms with Gasteiger partial charge in [-0.3, -0.25) is 9.52 Å². The fourth-order valence-corrected chi connectivity index (χ4v) is 3.63. The minimum atomic E-state index is -3.76. The van der Waals surface area contributed by atoms with Gasteiger partial charge in [-0.05, 0) is 67.6 Å². The quantitative estimate of drug-likeness (QED) is 0.576. The number of sulfonamides is 1. The molecule has 0 aliphatic heterocycles. The van der Waals surface area contributed by atoms with Crippen molar-refractivity contribution >= 4 is 38.9 Å². The van der Waals surface area contributed by atoms with Gasteiger partial charge in [-0.2, -0.15) is 0 Å². The zero-order valence-electron chi connectivity index (χ0n) is 15.5. The summed E-state index contributed by atoms with van der Waals surface area (Å²) in [7, 11) is -3.76. The minimum absolute atomic E-state index is 0.0685. The maximum absolute atomic E-state index is 12.5. The maximum atomic E-state index is 12.5. The van der Waals surface area contributed by atoms with Crippen LogP contribution in [0.5, 0.6) is 5.75 Å². The zero-order chi connectivity index (χ0) is 20.9. The van der Waals surface area contributed by atoms with Crippen molar-refractivity contribution in [2.45, 2.75) is 17.9 Å². The van der Waals surface area contributed by atoms with Gasteiger partial charge in [0.1, 0.15) is 5.75 Å². The number of para-hydroxylation sites is 1. The lowest BCUT2D eigenvalue weighted by Crippen LogP contribution is -2.30. The van der Waals surface area contributed by atoms with Crippen LogP contribution in [0, 0.1) is 0 Å². The van der Waals surface area contributed by atoms with Crippen LogP contribution in [0.15, 0.2) is 83.8 Å². The van der Waals surface area contributed by atoms with Crippen LogP contribution >= 0.6 is 11.6 Å². The Kier molecular flexibility index (Phi) is 6.41. The molecule has 8 heteroatoms. The van der Waals surface area contributed by atoms with Gasteiger partial charge in [0, 0.05) is 16.4 Å². The van der Waals surface area contributed by atoms with Crippen LogP contribution in [0.4, 0.5) is 11.4 Å². The molecule has 0 fully saturated rings. The average molecular weight is 431 g/mol. The second-order valence-electron chi connectivity index (χ2n) is 6.20. The minimum Gasteiger partial charge on any atom is -0.481 e. The zero-order valence-corrected chi connectivity index (χ0v) is 17.1. The number of benzene rings is 3. The van der Waals surface area contributed by atoms with E-state index in [2.05, 4.69) is 10.0 Å². The van der Waals surface area contributed by atoms with E-state index in [1.807, 2.05) is 18.2 Å². The normalized spacial score (nSPS) is 12.1. The van der Waals surface area contributed by atoms with E-state index in [1.165, 1.54) is 24.3 Å². The van der Waals surface area contributed by atoms with Crippen molar-refractivity contribution in [3.63, 3.8) is 0 Å². The first kappa shape index (κ1) is 20.7. The lowest BCUT2D eigenvalue weighted by Gasteiger charge is -2.15. The lowest BCUT2D eigenvalue weighted by atomic mass is 10.3. The Hall–Kier alpha value is -3.03. The van der Waals surface area contributed by atoms with Crippen LogP contribution in [-0.4, -0.2) is 20.4 Å². The summed E-state index contributed by atoms with van der Waals surface area (Å²) >= 11 is 5.81. The first-order valence-electron chi connectivity index (χ1n) is 8.74. The van der Waals surface area contributed by atoms with Crippen molar-refractivity contribution in [2.24, 2.45) is 0 Å². The van der Waals surface area contributed by atoms with Crippen LogP contribution in [0.25, 0.3) is 0 Å². The van der Waals surface area contributed by atoms with Crippen LogP contribution in [0.1, 0.15) is 6.92 Å². The lowest BCUT2D eigenvalue weighted by molar-refractivity contribution is -0.122. The van der Waals surface area contributed by atoms with E-state index in [9.17, 15) is 13.2 Å². The van der Waals surface area contributed by atoms with Crippen LogP contribution in [0.3, 0.4) is 0 Å². The third-order valence-electron chi connectivity index (χ3n) is 3.95. The molecule has 0 saturated heterocycles. The SMILES string of the molecule is C[C@@H](Oc1ccccc1)C(=O)Nc1ccc(S(=O)(=O)Nc2ccc(Cl)cc2)cc1. The first-order chi connectivity index (χ1) is 13.8. The molecule has 1 amide bonds. The topological polar surface area (TPSA) is 84.5 Å². The Morgan fingerprint density at radius 2 is 1.48 bits per heavy atom. The molecule has 0 bridgehead atoms. The van der Waals surface area contributed by atoms with Gasteiger partial charge in [-0.15, -0.1) is 0 Å². The van der Waals surface area contributed by atoms with Crippen molar-refractivity contribution in [3.8, 4) is 5.75 Å². The molecule has 0 radical (unpaired) electrons. The number of nitrogens with one attached hydrogen (secondary N) is 2. The first-order valence-corrected chi connectivity index (χ1v) is 10.6. The van der Waals surface area contributed by atoms with Crippen molar-refractivity contribution in [1.29, 1.82) is 0 Å². The average Bonchev–Trinajstić information content (AvgIpc) is 2.71. The molecule has 0 aliphatic rings. The number of rotatable bonds is 7. The van der Waals surface area contributed by atoms with Gasteiger partial charge in [0.05, 0.1) is 4.90 Å². The molecule has 0 heterocycles. The van der Waals surface area contributed by atoms with E-state index in [4.69, 9.17) is 16.3 Å². The molecule has 6 nitrogen and oxygen atoms in total. The van der Waals surface area contributed by atoms with Gasteiger partial charge >= 0.3 is 0 Å². The second kappa shape index (κ2) is 8.98. The van der Waals surface area contributed by atoms with Gasteiger partial charge in [0.15, 0.2) is 6.10 Å². The Morgan fingerprint density at radius 1 is 0.897 bits per heavy atom. The van der Waals surface area contributed by atoms with E-state index < -0.39 is 16.1 Å². The predicted octanol–water partition coefficient (Wildman–Crippen LogP) is 4.55. The molecule has 0 aromatic heterocycles. The monoisotopic (exact) mass is 430 g/mol. The molecule has 3 aromatic carbocycles. The Labute approximate surface area is 174 Å². The Morgan fingerprint density at radius 3 is 2.10 bits per heavy atom. The molecule has 3 rings (SSSR count). The molecule has 0 spiro atoms. The largest absolute Gasteiger partial charge is 0.481 e. The van der Waals surface area contributed by atoms with Crippen LogP contribution in [-0.2, 0) is 14.8 Å². The van der Waals surface area contributed by atoms with E-state index in [-0.39, 0.29) is 10.8 Å². The Balaban J connectivity index is 1.63. The number of carbonyl (C=O) groups excluding carboxylic acids is 1. The number of amides is 1. The molecule has 3 aromatic rings. The second-order valence-corrected chi connectivity index (χ2v) is 8.32. The molecule has 0 saturated carbocycles. The smallest absolute Gasteiger partial charge is 0.265 e. The fourth-order valence-electron chi connectivity index (χ4n) is 2.45. The molecule has 29 heavy (non-hydrogen) atoms. The molecule has 0 unspecified atom stereocenters. The molecule has 150 valence electrons. The summed E-state index contributed by atoms with van der Waals surface area (Å²) < 4.78 is 33.0. The standard InChI is InChI=1S/C21H19ClN2O4S/c1-15(28-19-5-3-2-4-6-19)21(25)23-17-11-13-20(14-12-17)29(26,27)24-18-9-7-16(22)8-10-18/h2-15,24H,1H3,(H,23,25)/t15-/m1/s1. The van der Waals surface area contributed by atoms with E-state index in [1.54, 1.807) is 43.3 Å². The third-order valence-corrected chi connectivity index (χ3v) is 5.60. The molecule has 1 atom stereocenters. The number of hydrogen-bond acceptors (Lipinski definition) is 4. The summed E-state index contributed by atoms with van der Waals surface area (Å²) in [5.41, 5.74) is 0.864. The van der Waals surface area contributed by atoms with E-state index in [0.29, 0.717) is 22.1 Å². The van der Waals surface area contributed by atoms with E-state index in [0.717, 1.165) is 0 Å². The highest BCUT2D eigenvalue weighted by Gasteiger charge is 2.17. The third kappa shape index (κ3) is 5.73. The number of hydrogen-bond donors (Lipinski definition) is 2. The van der Waals surface area contributed by atoms with Gasteiger partial charge in [-0.1, -0.05) is 29.8 Å². The van der Waals surface area contributed by atoms with E-state index >= 15 is 0 Å². The highest BCUT2D eigenvalue weighted by Crippen LogP contribution is 2.20. The van der Waals surface area contributed by atoms with Gasteiger partial charge in [-0.25, -0.2) is 8.42 Å². The highest BCUT2D eigenvalue weighted by molar-refractivity contribution is 7.92. The number of halogens is 1. The summed E-state index contributed by atoms with van der Waals surface area (Å²) in [6, 6.07) is 21.2. The van der Waals surface area contributed by atoms with Gasteiger partial charge < -0.3 is 10.1 Å². The summed E-state index contributed by atoms with van der Waals surface area (Å²) in [5.74, 6) is 0.244. The van der Waals surface area contributed by atoms with Crippen molar-refractivity contribution in [2.75, 3.05) is 10.0 Å². The Bertz CT molecular complexity index is 1070. The fraction of sp³-hybridized carbons (Fsp3) is 0.0952. The molecular weight excluding hydrogens is 412 g/mol. The summed E-state index contributed by atoms with van der Waals surface area (Å²) in [4.78, 5) is 12.4. The highest BCUT2D eigenvalue weighted by atomic mass is 35.5. The van der Waals surface area contributed by atoms with Crippen molar-refractivity contribution in [1.82, 2.24) is 0 Å². The number of carbonyl (C=O) groups is 1. The number of ether oxygens (including phenoxy) is 1. The maximum Gasteiger partial charge on any atom is 0.265 e. The molecule has 2 N–H and O–H groups in total. The van der Waals surface area contributed by atoms with Crippen LogP contribution < -0.4 is 14.8 Å². The van der Waals surface area contributed by atoms with Crippen molar-refractivity contribution < 1.29 is 17.9 Å². The van der Waals surface area contributed by atoms with Crippen molar-refractivity contribution in [3.05, 3.63) is 83.9 Å². The summed E-state index contributed by atoms with van der Waals surface area (Å²) in [6.45, 7) is 1.64. The van der Waals surface area contributed by atoms with Gasteiger partial charge in [0.2, 0.25) is 0 Å². The predicted molar refractivity (Wildman–Crippen MR) is 114 cm³/mol. The van der Waals surface area contributed by atoms with Crippen LogP contribution in [0.2, 0.25) is 5.02 Å². The summed E-state index contributed by atoms with van der Waals surface area (Å²) in [5, 5.41) is 3.22.